The SMILES string of the molecule is Cc1cc(C)cc(-c2nn(-c3ccc(Br)cc3)c3c2CCN3)c1. The predicted octanol–water partition coefficient (Wildman–Crippen LogP) is 4.89. The van der Waals surface area contributed by atoms with Crippen molar-refractivity contribution in [2.45, 2.75) is 20.3 Å². The van der Waals surface area contributed by atoms with Gasteiger partial charge in [-0.05, 0) is 56.7 Å². The maximum Gasteiger partial charge on any atom is 0.133 e. The molecule has 1 aliphatic rings. The number of rotatable bonds is 2. The molecule has 0 bridgehead atoms. The van der Waals surface area contributed by atoms with Crippen molar-refractivity contribution in [3.63, 3.8) is 0 Å². The van der Waals surface area contributed by atoms with E-state index in [1.54, 1.807) is 0 Å². The zero-order valence-electron chi connectivity index (χ0n) is 13.2. The first-order valence-electron chi connectivity index (χ1n) is 7.82. The monoisotopic (exact) mass is 367 g/mol. The van der Waals surface area contributed by atoms with Crippen LogP contribution in [0, 0.1) is 13.8 Å². The Bertz CT molecular complexity index is 858. The normalized spacial score (nSPS) is 13.0. The van der Waals surface area contributed by atoms with Gasteiger partial charge in [0.05, 0.1) is 11.4 Å². The van der Waals surface area contributed by atoms with Crippen LogP contribution in [-0.4, -0.2) is 16.3 Å². The van der Waals surface area contributed by atoms with Crippen molar-refractivity contribution in [2.75, 3.05) is 11.9 Å². The molecular formula is C19H18BrN3. The van der Waals surface area contributed by atoms with E-state index in [4.69, 9.17) is 5.10 Å². The van der Waals surface area contributed by atoms with Crippen LogP contribution in [0.5, 0.6) is 0 Å². The lowest BCUT2D eigenvalue weighted by Gasteiger charge is -2.06. The zero-order valence-corrected chi connectivity index (χ0v) is 14.8. The van der Waals surface area contributed by atoms with Crippen LogP contribution in [0.1, 0.15) is 16.7 Å². The first kappa shape index (κ1) is 14.5. The summed E-state index contributed by atoms with van der Waals surface area (Å²) in [4.78, 5) is 0. The highest BCUT2D eigenvalue weighted by atomic mass is 79.9. The number of fused-ring (bicyclic) bond motifs is 1. The molecule has 0 radical (unpaired) electrons. The molecule has 0 atom stereocenters. The summed E-state index contributed by atoms with van der Waals surface area (Å²) in [6.07, 6.45) is 1.02. The van der Waals surface area contributed by atoms with Crippen molar-refractivity contribution in [1.29, 1.82) is 0 Å². The van der Waals surface area contributed by atoms with E-state index in [1.165, 1.54) is 22.3 Å². The van der Waals surface area contributed by atoms with Gasteiger partial charge in [-0.2, -0.15) is 5.10 Å². The molecule has 3 aromatic rings. The molecule has 2 heterocycles. The van der Waals surface area contributed by atoms with Crippen molar-refractivity contribution in [2.24, 2.45) is 0 Å². The summed E-state index contributed by atoms with van der Waals surface area (Å²) < 4.78 is 3.11. The molecule has 1 aliphatic heterocycles. The molecule has 23 heavy (non-hydrogen) atoms. The lowest BCUT2D eigenvalue weighted by molar-refractivity contribution is 0.882. The topological polar surface area (TPSA) is 29.9 Å². The summed E-state index contributed by atoms with van der Waals surface area (Å²) in [6, 6.07) is 14.9. The summed E-state index contributed by atoms with van der Waals surface area (Å²) in [6.45, 7) is 5.25. The van der Waals surface area contributed by atoms with E-state index in [0.717, 1.165) is 34.6 Å². The fourth-order valence-electron chi connectivity index (χ4n) is 3.29. The third-order valence-corrected chi connectivity index (χ3v) is 4.75. The van der Waals surface area contributed by atoms with Crippen LogP contribution in [-0.2, 0) is 6.42 Å². The van der Waals surface area contributed by atoms with Gasteiger partial charge in [0, 0.05) is 22.1 Å². The first-order chi connectivity index (χ1) is 11.1. The van der Waals surface area contributed by atoms with Crippen LogP contribution in [0.4, 0.5) is 5.82 Å². The fraction of sp³-hybridized carbons (Fsp3) is 0.211. The van der Waals surface area contributed by atoms with Gasteiger partial charge in [0.25, 0.3) is 0 Å². The first-order valence-corrected chi connectivity index (χ1v) is 8.61. The van der Waals surface area contributed by atoms with Crippen molar-refractivity contribution in [3.8, 4) is 16.9 Å². The van der Waals surface area contributed by atoms with Gasteiger partial charge in [0.2, 0.25) is 0 Å². The molecule has 0 fully saturated rings. The molecule has 1 aromatic heterocycles. The maximum atomic E-state index is 4.92. The Hall–Kier alpha value is -2.07. The summed E-state index contributed by atoms with van der Waals surface area (Å²) in [5, 5.41) is 8.41. The maximum absolute atomic E-state index is 4.92. The van der Waals surface area contributed by atoms with Crippen LogP contribution < -0.4 is 5.32 Å². The Kier molecular flexibility index (Phi) is 3.49. The van der Waals surface area contributed by atoms with Crippen LogP contribution in [0.2, 0.25) is 0 Å². The molecule has 0 spiro atoms. The number of aromatic nitrogens is 2. The zero-order chi connectivity index (χ0) is 16.0. The van der Waals surface area contributed by atoms with E-state index in [0.29, 0.717) is 0 Å². The molecule has 0 unspecified atom stereocenters. The van der Waals surface area contributed by atoms with Gasteiger partial charge in [-0.3, -0.25) is 0 Å². The molecule has 4 heteroatoms. The van der Waals surface area contributed by atoms with E-state index in [9.17, 15) is 0 Å². The molecule has 0 aliphatic carbocycles. The minimum absolute atomic E-state index is 0.974. The smallest absolute Gasteiger partial charge is 0.133 e. The van der Waals surface area contributed by atoms with Gasteiger partial charge in [0.1, 0.15) is 5.82 Å². The van der Waals surface area contributed by atoms with Gasteiger partial charge in [-0.25, -0.2) is 4.68 Å². The molecule has 116 valence electrons. The second kappa shape index (κ2) is 5.53. The van der Waals surface area contributed by atoms with Gasteiger partial charge in [-0.15, -0.1) is 0 Å². The van der Waals surface area contributed by atoms with E-state index in [2.05, 4.69) is 77.6 Å². The summed E-state index contributed by atoms with van der Waals surface area (Å²) in [7, 11) is 0. The molecule has 4 rings (SSSR count). The van der Waals surface area contributed by atoms with Gasteiger partial charge >= 0.3 is 0 Å². The molecular weight excluding hydrogens is 350 g/mol. The Morgan fingerprint density at radius 2 is 1.74 bits per heavy atom. The highest BCUT2D eigenvalue weighted by molar-refractivity contribution is 9.10. The number of nitrogens with one attached hydrogen (secondary N) is 1. The number of halogens is 1. The Morgan fingerprint density at radius 3 is 2.43 bits per heavy atom. The molecule has 0 amide bonds. The van der Waals surface area contributed by atoms with Gasteiger partial charge in [0.15, 0.2) is 0 Å². The molecule has 0 saturated heterocycles. The molecule has 1 N–H and O–H groups in total. The predicted molar refractivity (Wildman–Crippen MR) is 98.4 cm³/mol. The van der Waals surface area contributed by atoms with E-state index >= 15 is 0 Å². The van der Waals surface area contributed by atoms with Crippen molar-refractivity contribution in [3.05, 3.63) is 63.6 Å². The van der Waals surface area contributed by atoms with Crippen LogP contribution in [0.25, 0.3) is 16.9 Å². The standard InChI is InChI=1S/C19H18BrN3/c1-12-9-13(2)11-14(10-12)18-17-7-8-21-19(17)23(22-18)16-5-3-15(20)4-6-16/h3-6,9-11,21H,7-8H2,1-2H3. The van der Waals surface area contributed by atoms with Crippen molar-refractivity contribution in [1.82, 2.24) is 9.78 Å². The Morgan fingerprint density at radius 1 is 1.04 bits per heavy atom. The van der Waals surface area contributed by atoms with Gasteiger partial charge < -0.3 is 5.32 Å². The van der Waals surface area contributed by atoms with Crippen molar-refractivity contribution >= 4 is 21.7 Å². The number of hydrogen-bond donors (Lipinski definition) is 1. The highest BCUT2D eigenvalue weighted by Gasteiger charge is 2.24. The number of benzene rings is 2. The third kappa shape index (κ3) is 2.57. The average Bonchev–Trinajstić information content (AvgIpc) is 3.09. The molecule has 2 aromatic carbocycles. The van der Waals surface area contributed by atoms with Crippen LogP contribution >= 0.6 is 15.9 Å². The summed E-state index contributed by atoms with van der Waals surface area (Å²) >= 11 is 3.49. The number of aryl methyl sites for hydroxylation is 2. The second-order valence-corrected chi connectivity index (χ2v) is 7.03. The Balaban J connectivity index is 1.89. The van der Waals surface area contributed by atoms with E-state index < -0.39 is 0 Å². The number of hydrogen-bond acceptors (Lipinski definition) is 2. The van der Waals surface area contributed by atoms with Crippen molar-refractivity contribution < 1.29 is 0 Å². The lowest BCUT2D eigenvalue weighted by Crippen LogP contribution is -2.04. The van der Waals surface area contributed by atoms with E-state index in [1.807, 2.05) is 4.68 Å². The number of nitrogens with zero attached hydrogens (tertiary/aromatic N) is 2. The summed E-state index contributed by atoms with van der Waals surface area (Å²) in [5.74, 6) is 1.13. The molecule has 3 nitrogen and oxygen atoms in total. The Labute approximate surface area is 144 Å². The minimum atomic E-state index is 0.974. The fourth-order valence-corrected chi connectivity index (χ4v) is 3.55. The third-order valence-electron chi connectivity index (χ3n) is 4.22. The van der Waals surface area contributed by atoms with E-state index in [-0.39, 0.29) is 0 Å². The quantitative estimate of drug-likeness (QED) is 0.698. The summed E-state index contributed by atoms with van der Waals surface area (Å²) in [5.41, 5.74) is 7.25. The highest BCUT2D eigenvalue weighted by Crippen LogP contribution is 2.35. The van der Waals surface area contributed by atoms with Crippen LogP contribution in [0.3, 0.4) is 0 Å². The van der Waals surface area contributed by atoms with Gasteiger partial charge in [-0.1, -0.05) is 33.1 Å². The largest absolute Gasteiger partial charge is 0.369 e. The average molecular weight is 368 g/mol. The lowest BCUT2D eigenvalue weighted by atomic mass is 10.0. The van der Waals surface area contributed by atoms with Crippen LogP contribution in [0.15, 0.2) is 46.9 Å². The number of anilines is 1. The molecule has 0 saturated carbocycles. The second-order valence-electron chi connectivity index (χ2n) is 6.12. The minimum Gasteiger partial charge on any atom is -0.369 e.